The number of hydrogen-bond acceptors (Lipinski definition) is 2. The van der Waals surface area contributed by atoms with E-state index in [2.05, 4.69) is 29.8 Å². The third kappa shape index (κ3) is 7.89. The summed E-state index contributed by atoms with van der Waals surface area (Å²) in [5.41, 5.74) is 1.05. The first-order valence-corrected chi connectivity index (χ1v) is 9.85. The summed E-state index contributed by atoms with van der Waals surface area (Å²) in [7, 11) is 0. The van der Waals surface area contributed by atoms with Crippen molar-refractivity contribution in [3.63, 3.8) is 0 Å². The van der Waals surface area contributed by atoms with Gasteiger partial charge in [-0.05, 0) is 49.0 Å². The van der Waals surface area contributed by atoms with Gasteiger partial charge in [0.15, 0.2) is 0 Å². The molecular formula is C21H33N3O2. The molecule has 5 heteroatoms. The highest BCUT2D eigenvalue weighted by Gasteiger charge is 2.22. The van der Waals surface area contributed by atoms with Crippen molar-refractivity contribution in [2.45, 2.75) is 46.0 Å². The molecule has 0 aromatic heterocycles. The average molecular weight is 360 g/mol. The van der Waals surface area contributed by atoms with Gasteiger partial charge < -0.3 is 16.0 Å². The Labute approximate surface area is 157 Å². The van der Waals surface area contributed by atoms with Gasteiger partial charge in [-0.2, -0.15) is 0 Å². The molecule has 0 atom stereocenters. The van der Waals surface area contributed by atoms with E-state index in [1.165, 1.54) is 0 Å². The fraction of sp³-hybridized carbons (Fsp3) is 0.619. The van der Waals surface area contributed by atoms with Crippen LogP contribution in [0.25, 0.3) is 0 Å². The van der Waals surface area contributed by atoms with Gasteiger partial charge in [-0.1, -0.05) is 44.2 Å². The van der Waals surface area contributed by atoms with E-state index in [9.17, 15) is 9.59 Å². The zero-order valence-electron chi connectivity index (χ0n) is 16.1. The van der Waals surface area contributed by atoms with E-state index < -0.39 is 0 Å². The molecule has 3 N–H and O–H groups in total. The largest absolute Gasteiger partial charge is 0.356 e. The highest BCUT2D eigenvalue weighted by Crippen LogP contribution is 2.27. The molecule has 0 saturated heterocycles. The minimum Gasteiger partial charge on any atom is -0.356 e. The van der Waals surface area contributed by atoms with Crippen LogP contribution >= 0.6 is 0 Å². The Balaban J connectivity index is 1.57. The summed E-state index contributed by atoms with van der Waals surface area (Å²) in [5, 5.41) is 8.94. The van der Waals surface area contributed by atoms with E-state index >= 15 is 0 Å². The van der Waals surface area contributed by atoms with E-state index in [0.717, 1.165) is 44.3 Å². The van der Waals surface area contributed by atoms with Crippen molar-refractivity contribution < 1.29 is 9.59 Å². The molecule has 0 spiro atoms. The number of rotatable bonds is 8. The lowest BCUT2D eigenvalue weighted by Crippen LogP contribution is -2.40. The highest BCUT2D eigenvalue weighted by atomic mass is 16.2. The summed E-state index contributed by atoms with van der Waals surface area (Å²) >= 11 is 0. The Morgan fingerprint density at radius 3 is 2.08 bits per heavy atom. The van der Waals surface area contributed by atoms with Crippen LogP contribution in [0.4, 0.5) is 4.79 Å². The predicted molar refractivity (Wildman–Crippen MR) is 105 cm³/mol. The first kappa shape index (κ1) is 20.3. The van der Waals surface area contributed by atoms with Crippen LogP contribution in [-0.2, 0) is 11.2 Å². The summed E-state index contributed by atoms with van der Waals surface area (Å²) < 4.78 is 0. The lowest BCUT2D eigenvalue weighted by molar-refractivity contribution is -0.120. The maximum Gasteiger partial charge on any atom is 0.314 e. The first-order chi connectivity index (χ1) is 12.5. The van der Waals surface area contributed by atoms with Gasteiger partial charge in [-0.3, -0.25) is 4.79 Å². The Kier molecular flexibility index (Phi) is 8.45. The van der Waals surface area contributed by atoms with Crippen molar-refractivity contribution in [3.8, 4) is 0 Å². The van der Waals surface area contributed by atoms with Gasteiger partial charge in [0.1, 0.15) is 0 Å². The lowest BCUT2D eigenvalue weighted by Gasteiger charge is -2.28. The van der Waals surface area contributed by atoms with Gasteiger partial charge >= 0.3 is 6.03 Å². The third-order valence-electron chi connectivity index (χ3n) is 4.98. The molecule has 5 nitrogen and oxygen atoms in total. The Bertz CT molecular complexity index is 552. The first-order valence-electron chi connectivity index (χ1n) is 9.85. The molecule has 3 amide bonds. The molecule has 0 aliphatic heterocycles. The van der Waals surface area contributed by atoms with Crippen LogP contribution in [0.15, 0.2) is 30.3 Å². The molecule has 144 valence electrons. The number of urea groups is 1. The molecular weight excluding hydrogens is 326 g/mol. The van der Waals surface area contributed by atoms with E-state index in [0.29, 0.717) is 30.7 Å². The second-order valence-corrected chi connectivity index (χ2v) is 7.84. The molecule has 0 bridgehead atoms. The van der Waals surface area contributed by atoms with Crippen LogP contribution in [0.2, 0.25) is 0 Å². The maximum atomic E-state index is 12.0. The SMILES string of the molecule is CC(C)CNC(=O)NCC1CCC(CNC(=O)Cc2ccccc2)CC1. The fourth-order valence-corrected chi connectivity index (χ4v) is 3.34. The van der Waals surface area contributed by atoms with E-state index in [1.54, 1.807) is 0 Å². The van der Waals surface area contributed by atoms with Gasteiger partial charge in [-0.15, -0.1) is 0 Å². The Morgan fingerprint density at radius 1 is 0.923 bits per heavy atom. The van der Waals surface area contributed by atoms with E-state index in [1.807, 2.05) is 30.3 Å². The monoisotopic (exact) mass is 359 g/mol. The number of carbonyl (C=O) groups is 2. The third-order valence-corrected chi connectivity index (χ3v) is 4.98. The zero-order valence-corrected chi connectivity index (χ0v) is 16.1. The van der Waals surface area contributed by atoms with E-state index in [4.69, 9.17) is 0 Å². The summed E-state index contributed by atoms with van der Waals surface area (Å²) in [6.45, 7) is 6.39. The van der Waals surface area contributed by atoms with Crippen molar-refractivity contribution >= 4 is 11.9 Å². The molecule has 1 aromatic rings. The Hall–Kier alpha value is -2.04. The zero-order chi connectivity index (χ0) is 18.8. The minimum absolute atomic E-state index is 0.0611. The summed E-state index contributed by atoms with van der Waals surface area (Å²) in [6.07, 6.45) is 4.91. The van der Waals surface area contributed by atoms with Crippen LogP contribution in [0.3, 0.4) is 0 Å². The quantitative estimate of drug-likeness (QED) is 0.667. The van der Waals surface area contributed by atoms with Crippen LogP contribution in [0.5, 0.6) is 0 Å². The molecule has 1 fully saturated rings. The van der Waals surface area contributed by atoms with Gasteiger partial charge in [0.25, 0.3) is 0 Å². The Morgan fingerprint density at radius 2 is 1.50 bits per heavy atom. The van der Waals surface area contributed by atoms with E-state index in [-0.39, 0.29) is 11.9 Å². The van der Waals surface area contributed by atoms with Crippen molar-refractivity contribution in [1.82, 2.24) is 16.0 Å². The molecule has 0 unspecified atom stereocenters. The van der Waals surface area contributed by atoms with Gasteiger partial charge in [0, 0.05) is 19.6 Å². The molecule has 2 rings (SSSR count). The molecule has 26 heavy (non-hydrogen) atoms. The summed E-state index contributed by atoms with van der Waals surface area (Å²) in [4.78, 5) is 23.8. The smallest absolute Gasteiger partial charge is 0.314 e. The lowest BCUT2D eigenvalue weighted by atomic mass is 9.82. The second kappa shape index (κ2) is 10.8. The number of hydrogen-bond donors (Lipinski definition) is 3. The average Bonchev–Trinajstić information content (AvgIpc) is 2.64. The van der Waals surface area contributed by atoms with Crippen molar-refractivity contribution in [3.05, 3.63) is 35.9 Å². The molecule has 0 heterocycles. The molecule has 1 aromatic carbocycles. The number of carbonyl (C=O) groups excluding carboxylic acids is 2. The highest BCUT2D eigenvalue weighted by molar-refractivity contribution is 5.78. The topological polar surface area (TPSA) is 70.2 Å². The molecule has 1 aliphatic carbocycles. The second-order valence-electron chi connectivity index (χ2n) is 7.84. The standard InChI is InChI=1S/C21H33N3O2/c1-16(2)13-23-21(26)24-15-19-10-8-18(9-11-19)14-22-20(25)12-17-6-4-3-5-7-17/h3-7,16,18-19H,8-15H2,1-2H3,(H,22,25)(H2,23,24,26). The van der Waals surface area contributed by atoms with Crippen molar-refractivity contribution in [1.29, 1.82) is 0 Å². The van der Waals surface area contributed by atoms with Crippen LogP contribution < -0.4 is 16.0 Å². The van der Waals surface area contributed by atoms with Gasteiger partial charge in [0.2, 0.25) is 5.91 Å². The van der Waals surface area contributed by atoms with Crippen molar-refractivity contribution in [2.75, 3.05) is 19.6 Å². The normalized spacial score (nSPS) is 19.8. The van der Waals surface area contributed by atoms with Gasteiger partial charge in [-0.25, -0.2) is 4.79 Å². The molecule has 1 aliphatic rings. The number of amides is 3. The minimum atomic E-state index is -0.0611. The summed E-state index contributed by atoms with van der Waals surface area (Å²) in [6, 6.07) is 9.78. The number of nitrogens with one attached hydrogen (secondary N) is 3. The van der Waals surface area contributed by atoms with Crippen molar-refractivity contribution in [2.24, 2.45) is 17.8 Å². The fourth-order valence-electron chi connectivity index (χ4n) is 3.34. The molecule has 1 saturated carbocycles. The van der Waals surface area contributed by atoms with Crippen LogP contribution in [-0.4, -0.2) is 31.6 Å². The molecule has 0 radical (unpaired) electrons. The van der Waals surface area contributed by atoms with Crippen LogP contribution in [0.1, 0.15) is 45.1 Å². The number of benzene rings is 1. The predicted octanol–water partition coefficient (Wildman–Crippen LogP) is 3.11. The van der Waals surface area contributed by atoms with Crippen LogP contribution in [0, 0.1) is 17.8 Å². The summed E-state index contributed by atoms with van der Waals surface area (Å²) in [5.74, 6) is 1.67. The maximum absolute atomic E-state index is 12.0. The van der Waals surface area contributed by atoms with Gasteiger partial charge in [0.05, 0.1) is 6.42 Å².